The Bertz CT molecular complexity index is 640. The van der Waals surface area contributed by atoms with E-state index in [1.165, 1.54) is 14.6 Å². The zero-order valence-corrected chi connectivity index (χ0v) is 13.3. The van der Waals surface area contributed by atoms with Gasteiger partial charge in [-0.3, -0.25) is 0 Å². The van der Waals surface area contributed by atoms with Gasteiger partial charge in [0, 0.05) is 10.9 Å². The molecular formula is C16H18N2S2. The van der Waals surface area contributed by atoms with Crippen LogP contribution in [0.2, 0.25) is 0 Å². The number of hydrogen-bond acceptors (Lipinski definition) is 4. The smallest absolute Gasteiger partial charge is 0.111 e. The number of fused-ring (bicyclic) bond motifs is 1. The lowest BCUT2D eigenvalue weighted by Crippen LogP contribution is -2.30. The third-order valence-electron chi connectivity index (χ3n) is 3.30. The van der Waals surface area contributed by atoms with Crippen LogP contribution in [0, 0.1) is 0 Å². The summed E-state index contributed by atoms with van der Waals surface area (Å²) in [7, 11) is 0. The number of thiophene rings is 1. The van der Waals surface area contributed by atoms with Crippen molar-refractivity contribution in [3.8, 4) is 0 Å². The second kappa shape index (κ2) is 6.04. The van der Waals surface area contributed by atoms with Gasteiger partial charge in [0.25, 0.3) is 0 Å². The van der Waals surface area contributed by atoms with Crippen molar-refractivity contribution in [3.05, 3.63) is 51.7 Å². The van der Waals surface area contributed by atoms with E-state index in [0.717, 1.165) is 11.9 Å². The number of rotatable bonds is 5. The predicted octanol–water partition coefficient (Wildman–Crippen LogP) is 4.64. The molecule has 2 unspecified atom stereocenters. The zero-order valence-electron chi connectivity index (χ0n) is 11.7. The average Bonchev–Trinajstić information content (AvgIpc) is 3.06. The maximum atomic E-state index is 4.72. The Labute approximate surface area is 127 Å². The SMILES string of the molecule is CC(Cc1cccs1)NC(C)c1nc2ccccc2s1. The summed E-state index contributed by atoms with van der Waals surface area (Å²) in [5, 5.41) is 6.96. The number of nitrogens with one attached hydrogen (secondary N) is 1. The highest BCUT2D eigenvalue weighted by atomic mass is 32.1. The van der Waals surface area contributed by atoms with Gasteiger partial charge in [0.05, 0.1) is 16.3 Å². The molecule has 0 amide bonds. The van der Waals surface area contributed by atoms with Crippen LogP contribution in [0.4, 0.5) is 0 Å². The summed E-state index contributed by atoms with van der Waals surface area (Å²) in [4.78, 5) is 6.15. The van der Waals surface area contributed by atoms with Crippen molar-refractivity contribution in [1.29, 1.82) is 0 Å². The van der Waals surface area contributed by atoms with Crippen LogP contribution in [0.15, 0.2) is 41.8 Å². The third-order valence-corrected chi connectivity index (χ3v) is 5.42. The fraction of sp³-hybridized carbons (Fsp3) is 0.312. The second-order valence-corrected chi connectivity index (χ2v) is 7.19. The van der Waals surface area contributed by atoms with Gasteiger partial charge in [-0.1, -0.05) is 18.2 Å². The molecule has 0 aliphatic heterocycles. The molecule has 0 spiro atoms. The Morgan fingerprint density at radius 3 is 2.75 bits per heavy atom. The summed E-state index contributed by atoms with van der Waals surface area (Å²) in [6.45, 7) is 4.44. The van der Waals surface area contributed by atoms with Gasteiger partial charge >= 0.3 is 0 Å². The first kappa shape index (κ1) is 13.7. The summed E-state index contributed by atoms with van der Waals surface area (Å²) in [5.74, 6) is 0. The van der Waals surface area contributed by atoms with Crippen molar-refractivity contribution in [2.75, 3.05) is 0 Å². The highest BCUT2D eigenvalue weighted by Crippen LogP contribution is 2.26. The van der Waals surface area contributed by atoms with Crippen LogP contribution in [0.5, 0.6) is 0 Å². The van der Waals surface area contributed by atoms with Crippen LogP contribution in [-0.2, 0) is 6.42 Å². The van der Waals surface area contributed by atoms with E-state index in [4.69, 9.17) is 4.98 Å². The summed E-state index contributed by atoms with van der Waals surface area (Å²) in [6, 6.07) is 13.4. The molecule has 2 atom stereocenters. The molecule has 0 radical (unpaired) electrons. The molecule has 4 heteroatoms. The second-order valence-electron chi connectivity index (χ2n) is 5.09. The number of thiazole rings is 1. The molecule has 0 fully saturated rings. The molecule has 104 valence electrons. The molecule has 20 heavy (non-hydrogen) atoms. The van der Waals surface area contributed by atoms with Gasteiger partial charge in [0.1, 0.15) is 5.01 Å². The standard InChI is InChI=1S/C16H18N2S2/c1-11(10-13-6-5-9-19-13)17-12(2)16-18-14-7-3-4-8-15(14)20-16/h3-9,11-12,17H,10H2,1-2H3. The average molecular weight is 302 g/mol. The Hall–Kier alpha value is -1.23. The normalized spacial score (nSPS) is 14.5. The lowest BCUT2D eigenvalue weighted by atomic mass is 10.2. The number of hydrogen-bond donors (Lipinski definition) is 1. The van der Waals surface area contributed by atoms with Crippen LogP contribution >= 0.6 is 22.7 Å². The largest absolute Gasteiger partial charge is 0.305 e. The molecule has 3 aromatic rings. The zero-order chi connectivity index (χ0) is 13.9. The summed E-state index contributed by atoms with van der Waals surface area (Å²) >= 11 is 3.61. The number of aromatic nitrogens is 1. The summed E-state index contributed by atoms with van der Waals surface area (Å²) in [5.41, 5.74) is 1.10. The van der Waals surface area contributed by atoms with Crippen molar-refractivity contribution in [3.63, 3.8) is 0 Å². The molecule has 3 rings (SSSR count). The van der Waals surface area contributed by atoms with E-state index in [1.54, 1.807) is 11.3 Å². The lowest BCUT2D eigenvalue weighted by molar-refractivity contribution is 0.478. The van der Waals surface area contributed by atoms with E-state index < -0.39 is 0 Å². The molecule has 0 bridgehead atoms. The van der Waals surface area contributed by atoms with Gasteiger partial charge in [-0.25, -0.2) is 4.98 Å². The van der Waals surface area contributed by atoms with Gasteiger partial charge in [0.15, 0.2) is 0 Å². The van der Waals surface area contributed by atoms with Gasteiger partial charge < -0.3 is 5.32 Å². The molecule has 0 aliphatic rings. The molecule has 2 nitrogen and oxygen atoms in total. The van der Waals surface area contributed by atoms with Crippen LogP contribution in [0.1, 0.15) is 29.8 Å². The highest BCUT2D eigenvalue weighted by molar-refractivity contribution is 7.18. The quantitative estimate of drug-likeness (QED) is 0.742. The maximum absolute atomic E-state index is 4.72. The van der Waals surface area contributed by atoms with Gasteiger partial charge in [-0.15, -0.1) is 22.7 Å². The van der Waals surface area contributed by atoms with Crippen molar-refractivity contribution in [2.24, 2.45) is 0 Å². The van der Waals surface area contributed by atoms with E-state index in [1.807, 2.05) is 17.4 Å². The molecule has 1 aromatic carbocycles. The minimum absolute atomic E-state index is 0.294. The first-order chi connectivity index (χ1) is 9.72. The third kappa shape index (κ3) is 3.08. The fourth-order valence-corrected chi connectivity index (χ4v) is 4.18. The number of para-hydroxylation sites is 1. The van der Waals surface area contributed by atoms with Gasteiger partial charge in [-0.05, 0) is 43.8 Å². The Kier molecular flexibility index (Phi) is 4.15. The Balaban J connectivity index is 1.67. The summed E-state index contributed by atoms with van der Waals surface area (Å²) in [6.07, 6.45) is 1.08. The highest BCUT2D eigenvalue weighted by Gasteiger charge is 2.14. The Morgan fingerprint density at radius 1 is 1.15 bits per heavy atom. The molecular weight excluding hydrogens is 284 g/mol. The minimum Gasteiger partial charge on any atom is -0.305 e. The van der Waals surface area contributed by atoms with E-state index in [9.17, 15) is 0 Å². The minimum atomic E-state index is 0.294. The van der Waals surface area contributed by atoms with Crippen molar-refractivity contribution in [1.82, 2.24) is 10.3 Å². The van der Waals surface area contributed by atoms with Gasteiger partial charge in [0.2, 0.25) is 0 Å². The van der Waals surface area contributed by atoms with Gasteiger partial charge in [-0.2, -0.15) is 0 Å². The fourth-order valence-electron chi connectivity index (χ4n) is 2.36. The summed E-state index contributed by atoms with van der Waals surface area (Å²) < 4.78 is 1.27. The number of nitrogens with zero attached hydrogens (tertiary/aromatic N) is 1. The van der Waals surface area contributed by atoms with Crippen molar-refractivity contribution < 1.29 is 0 Å². The molecule has 0 aliphatic carbocycles. The van der Waals surface area contributed by atoms with Crippen LogP contribution in [0.3, 0.4) is 0 Å². The molecule has 2 heterocycles. The van der Waals surface area contributed by atoms with Crippen LogP contribution in [-0.4, -0.2) is 11.0 Å². The molecule has 0 saturated heterocycles. The topological polar surface area (TPSA) is 24.9 Å². The molecule has 2 aromatic heterocycles. The lowest BCUT2D eigenvalue weighted by Gasteiger charge is -2.17. The number of benzene rings is 1. The van der Waals surface area contributed by atoms with Crippen LogP contribution < -0.4 is 5.32 Å². The maximum Gasteiger partial charge on any atom is 0.111 e. The van der Waals surface area contributed by atoms with E-state index in [2.05, 4.69) is 54.9 Å². The monoisotopic (exact) mass is 302 g/mol. The van der Waals surface area contributed by atoms with E-state index in [-0.39, 0.29) is 0 Å². The first-order valence-electron chi connectivity index (χ1n) is 6.86. The van der Waals surface area contributed by atoms with Crippen molar-refractivity contribution >= 4 is 32.9 Å². The van der Waals surface area contributed by atoms with E-state index in [0.29, 0.717) is 12.1 Å². The predicted molar refractivity (Wildman–Crippen MR) is 88.7 cm³/mol. The first-order valence-corrected chi connectivity index (χ1v) is 8.56. The molecule has 1 N–H and O–H groups in total. The Morgan fingerprint density at radius 2 is 2.00 bits per heavy atom. The molecule has 0 saturated carbocycles. The van der Waals surface area contributed by atoms with Crippen molar-refractivity contribution in [2.45, 2.75) is 32.4 Å². The van der Waals surface area contributed by atoms with E-state index >= 15 is 0 Å². The van der Waals surface area contributed by atoms with Crippen LogP contribution in [0.25, 0.3) is 10.2 Å².